The first-order valence-electron chi connectivity index (χ1n) is 6.81. The summed E-state index contributed by atoms with van der Waals surface area (Å²) in [6.07, 6.45) is 0.0710. The van der Waals surface area contributed by atoms with E-state index in [0.29, 0.717) is 6.54 Å². The van der Waals surface area contributed by atoms with Gasteiger partial charge in [0.05, 0.1) is 6.10 Å². The predicted octanol–water partition coefficient (Wildman–Crippen LogP) is 1.94. The van der Waals surface area contributed by atoms with E-state index in [1.807, 2.05) is 36.9 Å². The molecule has 19 heavy (non-hydrogen) atoms. The minimum atomic E-state index is 0.0247. The quantitative estimate of drug-likeness (QED) is 0.905. The highest BCUT2D eigenvalue weighted by Gasteiger charge is 2.23. The maximum atomic E-state index is 12.3. The molecule has 0 aromatic heterocycles. The lowest BCUT2D eigenvalue weighted by Gasteiger charge is -2.24. The van der Waals surface area contributed by atoms with E-state index < -0.39 is 0 Å². The molecule has 0 spiro atoms. The fourth-order valence-corrected chi connectivity index (χ4v) is 2.20. The molecule has 1 aromatic rings. The molecular weight excluding hydrogens is 240 g/mol. The molecule has 0 saturated heterocycles. The third kappa shape index (κ3) is 3.55. The van der Waals surface area contributed by atoms with Gasteiger partial charge in [-0.1, -0.05) is 18.2 Å². The molecule has 0 saturated carbocycles. The van der Waals surface area contributed by atoms with Crippen LogP contribution < -0.4 is 10.2 Å². The van der Waals surface area contributed by atoms with E-state index in [4.69, 9.17) is 4.74 Å². The van der Waals surface area contributed by atoms with E-state index in [0.717, 1.165) is 17.8 Å². The number of hydrogen-bond acceptors (Lipinski definition) is 3. The van der Waals surface area contributed by atoms with Crippen LogP contribution in [0, 0.1) is 0 Å². The molecule has 1 aromatic carbocycles. The summed E-state index contributed by atoms with van der Waals surface area (Å²) >= 11 is 0. The Morgan fingerprint density at radius 2 is 2.21 bits per heavy atom. The maximum Gasteiger partial charge on any atom is 0.253 e. The second-order valence-electron chi connectivity index (χ2n) is 5.27. The second kappa shape index (κ2) is 6.17. The number of ether oxygens (including phenoxy) is 1. The number of rotatable bonds is 3. The molecule has 1 amide bonds. The molecule has 4 nitrogen and oxygen atoms in total. The van der Waals surface area contributed by atoms with Gasteiger partial charge in [0.2, 0.25) is 0 Å². The molecule has 1 N–H and O–H groups in total. The van der Waals surface area contributed by atoms with E-state index in [1.165, 1.54) is 0 Å². The highest BCUT2D eigenvalue weighted by molar-refractivity contribution is 5.95. The molecule has 0 radical (unpaired) electrons. The van der Waals surface area contributed by atoms with Crippen LogP contribution >= 0.6 is 0 Å². The number of anilines is 1. The van der Waals surface area contributed by atoms with Crippen molar-refractivity contribution >= 4 is 11.6 Å². The lowest BCUT2D eigenvalue weighted by molar-refractivity contribution is -0.124. The molecule has 4 heteroatoms. The van der Waals surface area contributed by atoms with Gasteiger partial charge in [0.1, 0.15) is 6.61 Å². The summed E-state index contributed by atoms with van der Waals surface area (Å²) in [6.45, 7) is 7.58. The molecule has 1 aliphatic heterocycles. The number of carbonyl (C=O) groups excluding carboxylic acids is 1. The highest BCUT2D eigenvalue weighted by Crippen LogP contribution is 2.23. The topological polar surface area (TPSA) is 41.6 Å². The average molecular weight is 262 g/mol. The zero-order valence-corrected chi connectivity index (χ0v) is 11.8. The number of carbonyl (C=O) groups is 1. The number of nitrogens with zero attached hydrogens (tertiary/aromatic N) is 1. The molecule has 2 rings (SSSR count). The van der Waals surface area contributed by atoms with E-state index in [9.17, 15) is 4.79 Å². The van der Waals surface area contributed by atoms with Crippen molar-refractivity contribution < 1.29 is 9.53 Å². The Kier molecular flexibility index (Phi) is 4.56. The SMILES string of the molecule is CC1CN(C(=O)COC(C)C)c2ccccc2CN1. The van der Waals surface area contributed by atoms with Crippen LogP contribution in [0.4, 0.5) is 5.69 Å². The van der Waals surface area contributed by atoms with Gasteiger partial charge < -0.3 is 15.0 Å². The van der Waals surface area contributed by atoms with Gasteiger partial charge in [-0.15, -0.1) is 0 Å². The summed E-state index contributed by atoms with van der Waals surface area (Å²) in [5, 5.41) is 3.42. The van der Waals surface area contributed by atoms with Crippen LogP contribution in [0.25, 0.3) is 0 Å². The number of hydrogen-bond donors (Lipinski definition) is 1. The van der Waals surface area contributed by atoms with Crippen molar-refractivity contribution in [3.63, 3.8) is 0 Å². The molecule has 0 bridgehead atoms. The molecular formula is C15H22N2O2. The summed E-state index contributed by atoms with van der Waals surface area (Å²) in [5.41, 5.74) is 2.15. The summed E-state index contributed by atoms with van der Waals surface area (Å²) in [7, 11) is 0. The van der Waals surface area contributed by atoms with Crippen molar-refractivity contribution in [2.75, 3.05) is 18.1 Å². The Labute approximate surface area is 114 Å². The van der Waals surface area contributed by atoms with Gasteiger partial charge in [0.15, 0.2) is 0 Å². The van der Waals surface area contributed by atoms with Crippen LogP contribution in [0.1, 0.15) is 26.3 Å². The molecule has 1 atom stereocenters. The van der Waals surface area contributed by atoms with Crippen LogP contribution in [-0.4, -0.2) is 31.2 Å². The fraction of sp³-hybridized carbons (Fsp3) is 0.533. The third-order valence-electron chi connectivity index (χ3n) is 3.22. The minimum absolute atomic E-state index is 0.0247. The zero-order valence-electron chi connectivity index (χ0n) is 11.8. The van der Waals surface area contributed by atoms with Gasteiger partial charge in [-0.3, -0.25) is 4.79 Å². The first kappa shape index (κ1) is 14.0. The summed E-state index contributed by atoms with van der Waals surface area (Å²) in [4.78, 5) is 14.2. The van der Waals surface area contributed by atoms with Gasteiger partial charge >= 0.3 is 0 Å². The van der Waals surface area contributed by atoms with E-state index in [1.54, 1.807) is 0 Å². The van der Waals surface area contributed by atoms with Crippen LogP contribution in [0.2, 0.25) is 0 Å². The number of nitrogens with one attached hydrogen (secondary N) is 1. The Hall–Kier alpha value is -1.39. The standard InChI is InChI=1S/C15H22N2O2/c1-11(2)19-10-15(18)17-9-12(3)16-8-13-6-4-5-7-14(13)17/h4-7,11-12,16H,8-10H2,1-3H3. The van der Waals surface area contributed by atoms with E-state index in [-0.39, 0.29) is 24.7 Å². The molecule has 1 heterocycles. The number of fused-ring (bicyclic) bond motifs is 1. The first-order chi connectivity index (χ1) is 9.08. The third-order valence-corrected chi connectivity index (χ3v) is 3.22. The van der Waals surface area contributed by atoms with Crippen molar-refractivity contribution in [2.24, 2.45) is 0 Å². The average Bonchev–Trinajstić information content (AvgIpc) is 2.56. The van der Waals surface area contributed by atoms with Crippen molar-refractivity contribution in [1.82, 2.24) is 5.32 Å². The lowest BCUT2D eigenvalue weighted by atomic mass is 10.1. The monoisotopic (exact) mass is 262 g/mol. The van der Waals surface area contributed by atoms with Gasteiger partial charge in [0, 0.05) is 24.8 Å². The molecule has 104 valence electrons. The highest BCUT2D eigenvalue weighted by atomic mass is 16.5. The van der Waals surface area contributed by atoms with E-state index >= 15 is 0 Å². The minimum Gasteiger partial charge on any atom is -0.369 e. The number of benzene rings is 1. The Morgan fingerprint density at radius 3 is 2.95 bits per heavy atom. The fourth-order valence-electron chi connectivity index (χ4n) is 2.20. The number of amides is 1. The van der Waals surface area contributed by atoms with Crippen molar-refractivity contribution in [2.45, 2.75) is 39.5 Å². The zero-order chi connectivity index (χ0) is 13.8. The summed E-state index contributed by atoms with van der Waals surface area (Å²) < 4.78 is 5.44. The van der Waals surface area contributed by atoms with Gasteiger partial charge in [-0.2, -0.15) is 0 Å². The number of para-hydroxylation sites is 1. The van der Waals surface area contributed by atoms with Gasteiger partial charge in [0.25, 0.3) is 5.91 Å². The summed E-state index contributed by atoms with van der Waals surface area (Å²) in [6, 6.07) is 8.31. The lowest BCUT2D eigenvalue weighted by Crippen LogP contribution is -2.41. The van der Waals surface area contributed by atoms with Crippen LogP contribution in [-0.2, 0) is 16.1 Å². The molecule has 1 aliphatic rings. The second-order valence-corrected chi connectivity index (χ2v) is 5.27. The van der Waals surface area contributed by atoms with Crippen molar-refractivity contribution in [3.05, 3.63) is 29.8 Å². The Balaban J connectivity index is 2.19. The summed E-state index contributed by atoms with van der Waals surface area (Å²) in [5.74, 6) is 0.0247. The maximum absolute atomic E-state index is 12.3. The van der Waals surface area contributed by atoms with E-state index in [2.05, 4.69) is 18.3 Å². The largest absolute Gasteiger partial charge is 0.369 e. The molecule has 0 fully saturated rings. The van der Waals surface area contributed by atoms with Gasteiger partial charge in [-0.05, 0) is 32.4 Å². The Morgan fingerprint density at radius 1 is 1.47 bits per heavy atom. The normalized spacial score (nSPS) is 19.2. The molecule has 1 unspecified atom stereocenters. The Bertz CT molecular complexity index is 446. The van der Waals surface area contributed by atoms with Crippen LogP contribution in [0.3, 0.4) is 0 Å². The van der Waals surface area contributed by atoms with Gasteiger partial charge in [-0.25, -0.2) is 0 Å². The predicted molar refractivity (Wildman–Crippen MR) is 76.2 cm³/mol. The molecule has 0 aliphatic carbocycles. The van der Waals surface area contributed by atoms with Crippen LogP contribution in [0.5, 0.6) is 0 Å². The smallest absolute Gasteiger partial charge is 0.253 e. The van der Waals surface area contributed by atoms with Crippen molar-refractivity contribution in [3.8, 4) is 0 Å². The van der Waals surface area contributed by atoms with Crippen molar-refractivity contribution in [1.29, 1.82) is 0 Å². The van der Waals surface area contributed by atoms with Crippen LogP contribution in [0.15, 0.2) is 24.3 Å². The first-order valence-corrected chi connectivity index (χ1v) is 6.81.